The SMILES string of the molecule is C=C(C)N.CC(=O)C(C)(C)C.CC(=O)C(C)(C)C.CC(=O)N1CCN(C)CC1.CC(F)F.CC1CC1.CC1CN(C)C1.CCCO.CCCOC.CCN(C)C.CCN1CCC(N)C1.CCN1CCC(O)C1.CCN1CCN(C)CC1.CCN1CCOCC1.CSC.[C-]#[N+]CC. The average molecular weight is 1400 g/mol. The second-order valence-electron chi connectivity index (χ2n) is 27.4. The highest BCUT2D eigenvalue weighted by Crippen LogP contribution is 2.26. The topological polar surface area (TPSA) is 196 Å². The lowest BCUT2D eigenvalue weighted by molar-refractivity contribution is -0.130. The van der Waals surface area contributed by atoms with Crippen LogP contribution in [0.3, 0.4) is 0 Å². The van der Waals surface area contributed by atoms with E-state index in [2.05, 4.69) is 141 Å². The first kappa shape index (κ1) is 112. The number of ketones is 2. The molecule has 1 aliphatic carbocycles. The number of carbonyl (C=O) groups is 3. The smallest absolute Gasteiger partial charge is 0.235 e. The number of aliphatic hydroxyl groups excluding tert-OH is 2. The van der Waals surface area contributed by atoms with Gasteiger partial charge in [0.05, 0.1) is 19.3 Å². The fourth-order valence-corrected chi connectivity index (χ4v) is 6.83. The van der Waals surface area contributed by atoms with Crippen LogP contribution in [0.2, 0.25) is 0 Å². The summed E-state index contributed by atoms with van der Waals surface area (Å²) in [4.78, 5) is 55.2. The third-order valence-corrected chi connectivity index (χ3v) is 14.6. The number of alkyl halides is 2. The quantitative estimate of drug-likeness (QED) is 0.167. The van der Waals surface area contributed by atoms with Gasteiger partial charge in [0.15, 0.2) is 0 Å². The standard InChI is InChI=1S/C7H14N2O.C7H16N2.C6H14N2.2C6H13NO.2C6H12O.C5H11N.C4H11N.C4H10O.C4H8.C3H5N.C3H7N.C3H8O.C2H4F2.C2H6S/c1-7(10)9-5-3-8(2)4-6-9;1-3-9-6-4-8(2)5-7-9;1-2-8-4-3-6(7)5-8;1-2-7-3-5-8-6-4-7;1-2-7-4-3-6(8)5-7;2*1-5(7)6(2,3)4;1-5-3-6(2)4-5;1-4-5(2)3;1-3-4-5-2;1-4-2-3-4;1-3-4-2;1-3(2)4;1-2-3-4;1-2(3)4;1-3-2/h3-6H2,1-2H3;3-7H2,1-2H3;6H,2-5,7H2,1H3;2-6H2,1H3;6,8H,2-5H2,1H3;2*1-4H3;5H,3-4H2,1-2H3;4H2,1-3H3;3-4H2,1-2H3;4H,2-3H2,1H3;3H2,1H3;1,4H2,2H3;4H,2-3H2,1H3;2H,1H3;1-2H3. The van der Waals surface area contributed by atoms with Crippen molar-refractivity contribution in [3.63, 3.8) is 0 Å². The molecule has 2 unspecified atom stereocenters. The Bertz CT molecular complexity index is 1600. The Hall–Kier alpha value is -2.47. The van der Waals surface area contributed by atoms with Crippen molar-refractivity contribution in [3.8, 4) is 0 Å². The summed E-state index contributed by atoms with van der Waals surface area (Å²) in [7, 11) is 12.2. The zero-order chi connectivity index (χ0) is 76.8. The first-order valence-electron chi connectivity index (χ1n) is 36.0. The van der Waals surface area contributed by atoms with Gasteiger partial charge in [-0.15, -0.1) is 0 Å². The van der Waals surface area contributed by atoms with Crippen LogP contribution in [0.25, 0.3) is 4.85 Å². The average Bonchev–Trinajstić information content (AvgIpc) is 2.34. The van der Waals surface area contributed by atoms with Crippen molar-refractivity contribution in [1.82, 2.24) is 44.1 Å². The van der Waals surface area contributed by atoms with Crippen LogP contribution in [-0.2, 0) is 23.9 Å². The fraction of sp³-hybridized carbons (Fsp3) is 0.919. The number of hydrogen-bond donors (Lipinski definition) is 4. The highest BCUT2D eigenvalue weighted by atomic mass is 32.2. The molecule has 0 aromatic heterocycles. The van der Waals surface area contributed by atoms with E-state index >= 15 is 0 Å². The van der Waals surface area contributed by atoms with E-state index in [0.717, 1.165) is 136 Å². The molecule has 582 valence electrons. The summed E-state index contributed by atoms with van der Waals surface area (Å²) in [6.45, 7) is 76.9. The van der Waals surface area contributed by atoms with Crippen molar-refractivity contribution in [3.05, 3.63) is 23.7 Å². The van der Waals surface area contributed by atoms with E-state index in [0.29, 0.717) is 24.9 Å². The number of piperazine rings is 2. The number of nitrogens with zero attached hydrogens (tertiary/aromatic N) is 10. The molecule has 7 fully saturated rings. The zero-order valence-corrected chi connectivity index (χ0v) is 69.3. The molecule has 0 radical (unpaired) electrons. The van der Waals surface area contributed by atoms with Gasteiger partial charge in [-0.05, 0) is 158 Å². The van der Waals surface area contributed by atoms with Gasteiger partial charge < -0.3 is 75.2 Å². The molecule has 6 heterocycles. The van der Waals surface area contributed by atoms with Crippen LogP contribution in [0.1, 0.15) is 184 Å². The summed E-state index contributed by atoms with van der Waals surface area (Å²) in [5, 5.41) is 16.9. The van der Waals surface area contributed by atoms with Gasteiger partial charge >= 0.3 is 0 Å². The Labute approximate surface area is 599 Å². The van der Waals surface area contributed by atoms with Gasteiger partial charge in [0.1, 0.15) is 11.6 Å². The third kappa shape index (κ3) is 105. The van der Waals surface area contributed by atoms with Crippen LogP contribution in [0, 0.1) is 29.2 Å². The van der Waals surface area contributed by atoms with Gasteiger partial charge in [-0.2, -0.15) is 11.8 Å². The number of β-amino-alcohol motifs (C(OH)–C–C–N with tert-alkyl or cyclic N) is 1. The molecule has 96 heavy (non-hydrogen) atoms. The van der Waals surface area contributed by atoms with E-state index in [1.807, 2.05) is 72.8 Å². The van der Waals surface area contributed by atoms with Crippen molar-refractivity contribution in [2.75, 3.05) is 225 Å². The number of nitrogens with two attached hydrogens (primary N) is 2. The molecule has 0 aromatic rings. The summed E-state index contributed by atoms with van der Waals surface area (Å²) in [5.41, 5.74) is 11.0. The Morgan fingerprint density at radius 2 is 0.958 bits per heavy atom. The second kappa shape index (κ2) is 78.3. The largest absolute Gasteiger partial charge is 0.403 e. The number of carbonyl (C=O) groups excluding carboxylic acids is 3. The van der Waals surface area contributed by atoms with E-state index < -0.39 is 6.43 Å². The number of rotatable bonds is 8. The maximum Gasteiger partial charge on any atom is 0.235 e. The van der Waals surface area contributed by atoms with Crippen LogP contribution in [0.4, 0.5) is 8.78 Å². The Morgan fingerprint density at radius 1 is 0.646 bits per heavy atom. The maximum absolute atomic E-state index is 10.8. The molecule has 22 heteroatoms. The monoisotopic (exact) mass is 1400 g/mol. The Morgan fingerprint density at radius 3 is 1.10 bits per heavy atom. The van der Waals surface area contributed by atoms with Gasteiger partial charge in [0.25, 0.3) is 0 Å². The summed E-state index contributed by atoms with van der Waals surface area (Å²) < 4.78 is 30.5. The minimum atomic E-state index is -2.17. The van der Waals surface area contributed by atoms with Gasteiger partial charge in [0.2, 0.25) is 18.9 Å². The van der Waals surface area contributed by atoms with E-state index in [1.54, 1.807) is 46.6 Å². The number of ether oxygens (including phenoxy) is 2. The maximum atomic E-state index is 10.8. The number of halogens is 2. The first-order chi connectivity index (χ1) is 44.6. The van der Waals surface area contributed by atoms with Crippen LogP contribution >= 0.6 is 11.8 Å². The van der Waals surface area contributed by atoms with Crippen molar-refractivity contribution in [1.29, 1.82) is 0 Å². The minimum Gasteiger partial charge on any atom is -0.403 e. The highest BCUT2D eigenvalue weighted by Gasteiger charge is 2.20. The highest BCUT2D eigenvalue weighted by molar-refractivity contribution is 7.97. The summed E-state index contributed by atoms with van der Waals surface area (Å²) >= 11 is 1.75. The summed E-state index contributed by atoms with van der Waals surface area (Å²) in [6, 6.07) is 0.454. The molecule has 19 nitrogen and oxygen atoms in total. The molecule has 6 saturated heterocycles. The molecule has 2 atom stereocenters. The number of allylic oxidation sites excluding steroid dienone is 1. The van der Waals surface area contributed by atoms with Gasteiger partial charge in [-0.25, -0.2) is 15.4 Å². The number of likely N-dealkylation sites (N-methyl/N-ethyl adjacent to an activating group) is 6. The van der Waals surface area contributed by atoms with Crippen LogP contribution in [-0.4, -0.2) is 316 Å². The zero-order valence-electron chi connectivity index (χ0n) is 68.4. The van der Waals surface area contributed by atoms with Crippen LogP contribution in [0.15, 0.2) is 12.3 Å². The molecule has 0 aromatic carbocycles. The lowest BCUT2D eigenvalue weighted by Gasteiger charge is -2.33. The van der Waals surface area contributed by atoms with E-state index in [9.17, 15) is 23.2 Å². The molecular formula is C74H164F2N12O7S. The van der Waals surface area contributed by atoms with Crippen molar-refractivity contribution in [2.45, 2.75) is 202 Å². The Kier molecular flexibility index (Phi) is 91.4. The Balaban J connectivity index is -0.000000121. The van der Waals surface area contributed by atoms with E-state index in [-0.39, 0.29) is 34.4 Å². The number of Topliss-reactive ketones (excluding diaryl/α,β-unsaturated/α-hetero) is 2. The fourth-order valence-electron chi connectivity index (χ4n) is 6.83. The van der Waals surface area contributed by atoms with E-state index in [1.165, 1.54) is 78.2 Å². The number of likely N-dealkylation sites (tertiary alicyclic amines) is 3. The molecular weight excluding hydrogens is 1240 g/mol. The van der Waals surface area contributed by atoms with Crippen molar-refractivity contribution < 1.29 is 42.9 Å². The lowest BCUT2D eigenvalue weighted by atomic mass is 9.92. The molecule has 1 amide bonds. The van der Waals surface area contributed by atoms with Crippen LogP contribution < -0.4 is 11.5 Å². The number of methoxy groups -OCH3 is 1. The van der Waals surface area contributed by atoms with Crippen molar-refractivity contribution >= 4 is 29.2 Å². The van der Waals surface area contributed by atoms with Gasteiger partial charge in [-0.3, -0.25) is 19.3 Å². The summed E-state index contributed by atoms with van der Waals surface area (Å²) in [6.07, 6.45) is 8.99. The number of morpholine rings is 1. The molecule has 7 aliphatic rings. The lowest BCUT2D eigenvalue weighted by Crippen LogP contribution is -2.46. The minimum absolute atomic E-state index is 0.0463. The second-order valence-corrected chi connectivity index (χ2v) is 28.2. The van der Waals surface area contributed by atoms with Gasteiger partial charge in [-0.1, -0.05) is 123 Å². The normalized spacial score (nSPS) is 18.5. The van der Waals surface area contributed by atoms with E-state index in [4.69, 9.17) is 37.7 Å². The molecule has 6 aliphatic heterocycles. The third-order valence-electron chi connectivity index (χ3n) is 14.6. The number of thioether (sulfide) groups is 1. The molecule has 0 spiro atoms. The van der Waals surface area contributed by atoms with Crippen molar-refractivity contribution in [2.24, 2.45) is 34.1 Å². The summed E-state index contributed by atoms with van der Waals surface area (Å²) in [5.74, 6) is 2.74. The van der Waals surface area contributed by atoms with Crippen LogP contribution in [0.5, 0.6) is 0 Å². The number of amides is 1. The number of aliphatic hydroxyl groups is 2. The molecule has 0 bridgehead atoms. The predicted molar refractivity (Wildman–Crippen MR) is 416 cm³/mol. The molecule has 1 saturated carbocycles. The van der Waals surface area contributed by atoms with Gasteiger partial charge in [0, 0.05) is 149 Å². The number of hydrogen-bond acceptors (Lipinski definition) is 18. The first-order valence-corrected chi connectivity index (χ1v) is 37.6. The molecule has 7 rings (SSSR count). The molecule has 6 N–H and O–H groups in total. The predicted octanol–water partition coefficient (Wildman–Crippen LogP) is 11.4.